The SMILES string of the molecule is CNCc1coc(CN(C)Cc2ccccc2C)c1. The van der Waals surface area contributed by atoms with Crippen LogP contribution < -0.4 is 5.32 Å². The van der Waals surface area contributed by atoms with Crippen LogP contribution in [0.2, 0.25) is 0 Å². The van der Waals surface area contributed by atoms with Crippen LogP contribution in [0.15, 0.2) is 41.0 Å². The molecule has 0 aliphatic heterocycles. The lowest BCUT2D eigenvalue weighted by molar-refractivity contribution is 0.287. The number of nitrogens with zero attached hydrogens (tertiary/aromatic N) is 1. The lowest BCUT2D eigenvalue weighted by atomic mass is 10.1. The van der Waals surface area contributed by atoms with Crippen LogP contribution in [-0.4, -0.2) is 19.0 Å². The zero-order chi connectivity index (χ0) is 13.7. The van der Waals surface area contributed by atoms with Crippen molar-refractivity contribution in [3.8, 4) is 0 Å². The number of hydrogen-bond acceptors (Lipinski definition) is 3. The molecular weight excluding hydrogens is 236 g/mol. The molecule has 0 saturated heterocycles. The third-order valence-corrected chi connectivity index (χ3v) is 3.22. The molecular formula is C16H22N2O. The van der Waals surface area contributed by atoms with Crippen molar-refractivity contribution in [1.29, 1.82) is 0 Å². The third kappa shape index (κ3) is 3.94. The topological polar surface area (TPSA) is 28.4 Å². The fraction of sp³-hybridized carbons (Fsp3) is 0.375. The standard InChI is InChI=1S/C16H22N2O/c1-13-6-4-5-7-15(13)10-18(3)11-16-8-14(9-17-2)12-19-16/h4-8,12,17H,9-11H2,1-3H3. The van der Waals surface area contributed by atoms with E-state index in [0.717, 1.165) is 25.4 Å². The van der Waals surface area contributed by atoms with Gasteiger partial charge < -0.3 is 9.73 Å². The first kappa shape index (κ1) is 13.8. The highest BCUT2D eigenvalue weighted by atomic mass is 16.3. The second-order valence-electron chi connectivity index (χ2n) is 5.05. The summed E-state index contributed by atoms with van der Waals surface area (Å²) in [5.41, 5.74) is 3.90. The van der Waals surface area contributed by atoms with Crippen molar-refractivity contribution in [2.24, 2.45) is 0 Å². The highest BCUT2D eigenvalue weighted by molar-refractivity contribution is 5.25. The van der Waals surface area contributed by atoms with E-state index in [2.05, 4.69) is 54.5 Å². The number of aryl methyl sites for hydroxylation is 1. The third-order valence-electron chi connectivity index (χ3n) is 3.22. The van der Waals surface area contributed by atoms with E-state index in [0.29, 0.717) is 0 Å². The Bertz CT molecular complexity index is 519. The Kier molecular flexibility index (Phi) is 4.77. The minimum absolute atomic E-state index is 0.831. The van der Waals surface area contributed by atoms with E-state index in [-0.39, 0.29) is 0 Å². The van der Waals surface area contributed by atoms with Crippen molar-refractivity contribution in [2.75, 3.05) is 14.1 Å². The summed E-state index contributed by atoms with van der Waals surface area (Å²) in [6.07, 6.45) is 1.83. The summed E-state index contributed by atoms with van der Waals surface area (Å²) in [6, 6.07) is 10.6. The monoisotopic (exact) mass is 258 g/mol. The normalized spacial score (nSPS) is 11.2. The Labute approximate surface area is 115 Å². The molecule has 0 fully saturated rings. The summed E-state index contributed by atoms with van der Waals surface area (Å²) in [7, 11) is 4.06. The number of rotatable bonds is 6. The molecule has 19 heavy (non-hydrogen) atoms. The van der Waals surface area contributed by atoms with E-state index >= 15 is 0 Å². The fourth-order valence-corrected chi connectivity index (χ4v) is 2.21. The van der Waals surface area contributed by atoms with Crippen LogP contribution in [0.4, 0.5) is 0 Å². The molecule has 1 aromatic carbocycles. The van der Waals surface area contributed by atoms with Crippen LogP contribution >= 0.6 is 0 Å². The van der Waals surface area contributed by atoms with Crippen LogP contribution in [0.3, 0.4) is 0 Å². The summed E-state index contributed by atoms with van der Waals surface area (Å²) >= 11 is 0. The lowest BCUT2D eigenvalue weighted by Crippen LogP contribution is -2.17. The molecule has 2 rings (SSSR count). The van der Waals surface area contributed by atoms with Gasteiger partial charge in [-0.05, 0) is 38.2 Å². The summed E-state index contributed by atoms with van der Waals surface area (Å²) in [5.74, 6) is 1.02. The zero-order valence-corrected chi connectivity index (χ0v) is 11.9. The Morgan fingerprint density at radius 3 is 2.74 bits per heavy atom. The number of nitrogens with one attached hydrogen (secondary N) is 1. The Hall–Kier alpha value is -1.58. The molecule has 0 saturated carbocycles. The Morgan fingerprint density at radius 1 is 1.21 bits per heavy atom. The second kappa shape index (κ2) is 6.55. The predicted octanol–water partition coefficient (Wildman–Crippen LogP) is 2.94. The van der Waals surface area contributed by atoms with Gasteiger partial charge in [0.25, 0.3) is 0 Å². The van der Waals surface area contributed by atoms with E-state index in [1.54, 1.807) is 0 Å². The average molecular weight is 258 g/mol. The van der Waals surface area contributed by atoms with E-state index in [4.69, 9.17) is 4.42 Å². The molecule has 0 aliphatic rings. The molecule has 0 spiro atoms. The van der Waals surface area contributed by atoms with Gasteiger partial charge in [0, 0.05) is 18.7 Å². The lowest BCUT2D eigenvalue weighted by Gasteiger charge is -2.16. The molecule has 3 heteroatoms. The quantitative estimate of drug-likeness (QED) is 0.863. The van der Waals surface area contributed by atoms with Crippen LogP contribution in [0.1, 0.15) is 22.5 Å². The molecule has 0 amide bonds. The second-order valence-corrected chi connectivity index (χ2v) is 5.05. The van der Waals surface area contributed by atoms with Gasteiger partial charge in [0.05, 0.1) is 12.8 Å². The summed E-state index contributed by atoms with van der Waals surface area (Å²) in [4.78, 5) is 2.27. The highest BCUT2D eigenvalue weighted by Gasteiger charge is 2.07. The molecule has 3 nitrogen and oxygen atoms in total. The van der Waals surface area contributed by atoms with Gasteiger partial charge in [-0.25, -0.2) is 0 Å². The van der Waals surface area contributed by atoms with Crippen LogP contribution in [0.5, 0.6) is 0 Å². The van der Waals surface area contributed by atoms with E-state index in [1.165, 1.54) is 16.7 Å². The first-order chi connectivity index (χ1) is 9.19. The smallest absolute Gasteiger partial charge is 0.118 e. The van der Waals surface area contributed by atoms with Gasteiger partial charge in [0.1, 0.15) is 5.76 Å². The first-order valence-corrected chi connectivity index (χ1v) is 6.63. The molecule has 0 radical (unpaired) electrons. The molecule has 0 bridgehead atoms. The van der Waals surface area contributed by atoms with Crippen molar-refractivity contribution in [2.45, 2.75) is 26.6 Å². The van der Waals surface area contributed by atoms with E-state index < -0.39 is 0 Å². The highest BCUT2D eigenvalue weighted by Crippen LogP contribution is 2.13. The van der Waals surface area contributed by atoms with Gasteiger partial charge in [0.2, 0.25) is 0 Å². The number of benzene rings is 1. The first-order valence-electron chi connectivity index (χ1n) is 6.63. The summed E-state index contributed by atoms with van der Waals surface area (Å²) in [5, 5.41) is 3.12. The fourth-order valence-electron chi connectivity index (χ4n) is 2.21. The summed E-state index contributed by atoms with van der Waals surface area (Å²) in [6.45, 7) is 4.78. The summed E-state index contributed by atoms with van der Waals surface area (Å²) < 4.78 is 5.57. The van der Waals surface area contributed by atoms with Crippen LogP contribution in [0, 0.1) is 6.92 Å². The van der Waals surface area contributed by atoms with Crippen molar-refractivity contribution in [3.05, 3.63) is 59.0 Å². The minimum Gasteiger partial charge on any atom is -0.468 e. The Balaban J connectivity index is 1.93. The van der Waals surface area contributed by atoms with Gasteiger partial charge >= 0.3 is 0 Å². The van der Waals surface area contributed by atoms with Gasteiger partial charge in [-0.15, -0.1) is 0 Å². The maximum atomic E-state index is 5.57. The van der Waals surface area contributed by atoms with Crippen molar-refractivity contribution >= 4 is 0 Å². The van der Waals surface area contributed by atoms with Gasteiger partial charge in [-0.2, -0.15) is 0 Å². The minimum atomic E-state index is 0.831. The van der Waals surface area contributed by atoms with Crippen molar-refractivity contribution in [1.82, 2.24) is 10.2 Å². The Morgan fingerprint density at radius 2 is 2.00 bits per heavy atom. The van der Waals surface area contributed by atoms with Gasteiger partial charge in [-0.3, -0.25) is 4.90 Å². The zero-order valence-electron chi connectivity index (χ0n) is 11.9. The average Bonchev–Trinajstić information content (AvgIpc) is 2.80. The number of hydrogen-bond donors (Lipinski definition) is 1. The van der Waals surface area contributed by atoms with Crippen molar-refractivity contribution in [3.63, 3.8) is 0 Å². The molecule has 0 unspecified atom stereocenters. The maximum Gasteiger partial charge on any atom is 0.118 e. The molecule has 102 valence electrons. The predicted molar refractivity (Wildman–Crippen MR) is 77.8 cm³/mol. The van der Waals surface area contributed by atoms with Gasteiger partial charge in [-0.1, -0.05) is 24.3 Å². The maximum absolute atomic E-state index is 5.57. The van der Waals surface area contributed by atoms with Gasteiger partial charge in [0.15, 0.2) is 0 Å². The van der Waals surface area contributed by atoms with E-state index in [1.807, 2.05) is 13.3 Å². The van der Waals surface area contributed by atoms with Crippen LogP contribution in [0.25, 0.3) is 0 Å². The molecule has 1 N–H and O–H groups in total. The van der Waals surface area contributed by atoms with Crippen molar-refractivity contribution < 1.29 is 4.42 Å². The van der Waals surface area contributed by atoms with E-state index in [9.17, 15) is 0 Å². The number of furan rings is 1. The largest absolute Gasteiger partial charge is 0.468 e. The van der Waals surface area contributed by atoms with Crippen LogP contribution in [-0.2, 0) is 19.6 Å². The molecule has 1 heterocycles. The molecule has 2 aromatic rings. The molecule has 0 aliphatic carbocycles. The molecule has 1 aromatic heterocycles. The molecule has 0 atom stereocenters.